The van der Waals surface area contributed by atoms with Crippen molar-refractivity contribution in [1.29, 1.82) is 0 Å². The number of imide groups is 1. The fourth-order valence-electron chi connectivity index (χ4n) is 3.76. The highest BCUT2D eigenvalue weighted by Gasteiger charge is 2.35. The van der Waals surface area contributed by atoms with Gasteiger partial charge in [0.1, 0.15) is 6.61 Å². The van der Waals surface area contributed by atoms with Crippen LogP contribution in [0.3, 0.4) is 0 Å². The van der Waals surface area contributed by atoms with Gasteiger partial charge in [-0.25, -0.2) is 4.79 Å². The van der Waals surface area contributed by atoms with Gasteiger partial charge < -0.3 is 10.1 Å². The molecule has 1 fully saturated rings. The molecule has 1 N–H and O–H groups in total. The van der Waals surface area contributed by atoms with E-state index in [0.29, 0.717) is 37.2 Å². The summed E-state index contributed by atoms with van der Waals surface area (Å²) in [6.07, 6.45) is 0.213. The molecule has 2 aromatic carbocycles. The van der Waals surface area contributed by atoms with Gasteiger partial charge in [-0.2, -0.15) is 0 Å². The van der Waals surface area contributed by atoms with Crippen molar-refractivity contribution in [2.24, 2.45) is 0 Å². The molecule has 0 atom stereocenters. The summed E-state index contributed by atoms with van der Waals surface area (Å²) in [5.74, 6) is -0.780. The van der Waals surface area contributed by atoms with Crippen LogP contribution in [-0.4, -0.2) is 48.4 Å². The van der Waals surface area contributed by atoms with Gasteiger partial charge in [-0.15, -0.1) is 0 Å². The number of aryl methyl sites for hydroxylation is 1. The minimum Gasteiger partial charge on any atom is -0.447 e. The van der Waals surface area contributed by atoms with E-state index in [1.54, 1.807) is 17.0 Å². The summed E-state index contributed by atoms with van der Waals surface area (Å²) >= 11 is 0. The van der Waals surface area contributed by atoms with Crippen molar-refractivity contribution in [3.63, 3.8) is 0 Å². The number of carbonyl (C=O) groups is 4. The van der Waals surface area contributed by atoms with Crippen molar-refractivity contribution in [1.82, 2.24) is 10.2 Å². The Labute approximate surface area is 179 Å². The van der Waals surface area contributed by atoms with Gasteiger partial charge in [0.15, 0.2) is 0 Å². The van der Waals surface area contributed by atoms with Crippen LogP contribution in [0.4, 0.5) is 10.5 Å². The molecular formula is C23H23N3O5. The predicted molar refractivity (Wildman–Crippen MR) is 113 cm³/mol. The van der Waals surface area contributed by atoms with E-state index in [1.165, 1.54) is 4.90 Å². The fraction of sp³-hybridized carbons (Fsp3) is 0.304. The summed E-state index contributed by atoms with van der Waals surface area (Å²) in [7, 11) is 0. The third-order valence-electron chi connectivity index (χ3n) is 5.38. The van der Waals surface area contributed by atoms with Crippen LogP contribution in [0, 0.1) is 6.92 Å². The second-order valence-corrected chi connectivity index (χ2v) is 7.63. The number of benzene rings is 2. The van der Waals surface area contributed by atoms with Crippen molar-refractivity contribution >= 4 is 29.5 Å². The molecule has 31 heavy (non-hydrogen) atoms. The number of cyclic esters (lactones) is 1. The molecule has 2 aliphatic rings. The van der Waals surface area contributed by atoms with Crippen molar-refractivity contribution < 1.29 is 23.9 Å². The standard InChI is InChI=1S/C23H23N3O5/c1-15-7-8-18-19(12-15)22(29)26(21(18)28)9-3-6-20(27)24-14-16-4-2-5-17(13-16)25-10-11-31-23(25)30/h2,4-5,7-8,12-13H,3,6,9-11,14H2,1H3,(H,24,27). The lowest BCUT2D eigenvalue weighted by atomic mass is 10.1. The van der Waals surface area contributed by atoms with Crippen LogP contribution in [0.15, 0.2) is 42.5 Å². The number of nitrogens with one attached hydrogen (secondary N) is 1. The van der Waals surface area contributed by atoms with E-state index in [2.05, 4.69) is 5.32 Å². The molecule has 0 aromatic heterocycles. The molecular weight excluding hydrogens is 398 g/mol. The number of carbonyl (C=O) groups excluding carboxylic acids is 4. The second-order valence-electron chi connectivity index (χ2n) is 7.63. The van der Waals surface area contributed by atoms with Gasteiger partial charge in [0.2, 0.25) is 5.91 Å². The molecule has 8 heteroatoms. The molecule has 2 aromatic rings. The zero-order chi connectivity index (χ0) is 22.0. The van der Waals surface area contributed by atoms with E-state index >= 15 is 0 Å². The molecule has 0 unspecified atom stereocenters. The van der Waals surface area contributed by atoms with Crippen molar-refractivity contribution in [2.75, 3.05) is 24.6 Å². The van der Waals surface area contributed by atoms with Crippen molar-refractivity contribution in [3.05, 3.63) is 64.7 Å². The molecule has 1 saturated heterocycles. The third kappa shape index (κ3) is 4.28. The summed E-state index contributed by atoms with van der Waals surface area (Å²) in [6, 6.07) is 12.6. The van der Waals surface area contributed by atoms with Gasteiger partial charge in [0.25, 0.3) is 11.8 Å². The maximum absolute atomic E-state index is 12.5. The Morgan fingerprint density at radius 2 is 1.87 bits per heavy atom. The Bertz CT molecular complexity index is 1060. The highest BCUT2D eigenvalue weighted by Crippen LogP contribution is 2.24. The monoisotopic (exact) mass is 421 g/mol. The van der Waals surface area contributed by atoms with Crippen LogP contribution in [0.1, 0.15) is 44.7 Å². The lowest BCUT2D eigenvalue weighted by Crippen LogP contribution is -2.32. The number of fused-ring (bicyclic) bond motifs is 1. The van der Waals surface area contributed by atoms with Gasteiger partial charge in [-0.05, 0) is 43.2 Å². The van der Waals surface area contributed by atoms with E-state index in [9.17, 15) is 19.2 Å². The van der Waals surface area contributed by atoms with Gasteiger partial charge in [0.05, 0.1) is 17.7 Å². The van der Waals surface area contributed by atoms with Crippen LogP contribution < -0.4 is 10.2 Å². The molecule has 4 rings (SSSR count). The number of amides is 4. The Morgan fingerprint density at radius 1 is 1.06 bits per heavy atom. The van der Waals surface area contributed by atoms with E-state index in [0.717, 1.165) is 16.8 Å². The molecule has 8 nitrogen and oxygen atoms in total. The molecule has 4 amide bonds. The second kappa shape index (κ2) is 8.59. The zero-order valence-electron chi connectivity index (χ0n) is 17.2. The zero-order valence-corrected chi connectivity index (χ0v) is 17.2. The number of ether oxygens (including phenoxy) is 1. The number of hydrogen-bond donors (Lipinski definition) is 1. The molecule has 0 spiro atoms. The van der Waals surface area contributed by atoms with E-state index in [-0.39, 0.29) is 36.8 Å². The topological polar surface area (TPSA) is 96.0 Å². The molecule has 2 aliphatic heterocycles. The summed E-state index contributed by atoms with van der Waals surface area (Å²) in [5.41, 5.74) is 3.36. The average molecular weight is 421 g/mol. The van der Waals surface area contributed by atoms with Gasteiger partial charge in [-0.3, -0.25) is 24.2 Å². The summed E-state index contributed by atoms with van der Waals surface area (Å²) in [6.45, 7) is 3.27. The Kier molecular flexibility index (Phi) is 5.70. The quantitative estimate of drug-likeness (QED) is 0.694. The first-order valence-electron chi connectivity index (χ1n) is 10.2. The number of anilines is 1. The Hall–Kier alpha value is -3.68. The fourth-order valence-corrected chi connectivity index (χ4v) is 3.76. The van der Waals surface area contributed by atoms with Crippen molar-refractivity contribution in [3.8, 4) is 0 Å². The number of nitrogens with zero attached hydrogens (tertiary/aromatic N) is 2. The van der Waals surface area contributed by atoms with E-state index in [4.69, 9.17) is 4.74 Å². The summed E-state index contributed by atoms with van der Waals surface area (Å²) in [5, 5.41) is 2.84. The van der Waals surface area contributed by atoms with Crippen LogP contribution in [-0.2, 0) is 16.1 Å². The first-order valence-corrected chi connectivity index (χ1v) is 10.2. The molecule has 2 heterocycles. The normalized spacial score (nSPS) is 15.3. The molecule has 160 valence electrons. The maximum atomic E-state index is 12.5. The average Bonchev–Trinajstić information content (AvgIpc) is 3.29. The summed E-state index contributed by atoms with van der Waals surface area (Å²) < 4.78 is 4.95. The molecule has 0 aliphatic carbocycles. The molecule has 0 radical (unpaired) electrons. The van der Waals surface area contributed by atoms with Gasteiger partial charge >= 0.3 is 6.09 Å². The maximum Gasteiger partial charge on any atom is 0.414 e. The molecule has 0 bridgehead atoms. The Morgan fingerprint density at radius 3 is 2.65 bits per heavy atom. The highest BCUT2D eigenvalue weighted by molar-refractivity contribution is 6.21. The van der Waals surface area contributed by atoms with E-state index in [1.807, 2.05) is 37.3 Å². The van der Waals surface area contributed by atoms with Gasteiger partial charge in [0, 0.05) is 25.2 Å². The van der Waals surface area contributed by atoms with Crippen molar-refractivity contribution in [2.45, 2.75) is 26.3 Å². The Balaban J connectivity index is 1.26. The SMILES string of the molecule is Cc1ccc2c(c1)C(=O)N(CCCC(=O)NCc1cccc(N3CCOC3=O)c1)C2=O. The minimum absolute atomic E-state index is 0.168. The first kappa shape index (κ1) is 20.6. The van der Waals surface area contributed by atoms with Crippen LogP contribution in [0.5, 0.6) is 0 Å². The van der Waals surface area contributed by atoms with Crippen LogP contribution >= 0.6 is 0 Å². The van der Waals surface area contributed by atoms with Crippen LogP contribution in [0.2, 0.25) is 0 Å². The number of rotatable bonds is 7. The van der Waals surface area contributed by atoms with Gasteiger partial charge in [-0.1, -0.05) is 23.8 Å². The summed E-state index contributed by atoms with van der Waals surface area (Å²) in [4.78, 5) is 51.6. The van der Waals surface area contributed by atoms with Crippen LogP contribution in [0.25, 0.3) is 0 Å². The molecule has 0 saturated carbocycles. The smallest absolute Gasteiger partial charge is 0.414 e. The largest absolute Gasteiger partial charge is 0.447 e. The van der Waals surface area contributed by atoms with E-state index < -0.39 is 0 Å². The lowest BCUT2D eigenvalue weighted by Gasteiger charge is -2.15. The first-order chi connectivity index (χ1) is 14.9. The lowest BCUT2D eigenvalue weighted by molar-refractivity contribution is -0.121. The highest BCUT2D eigenvalue weighted by atomic mass is 16.6. The predicted octanol–water partition coefficient (Wildman–Crippen LogP) is 2.64. The number of hydrogen-bond acceptors (Lipinski definition) is 5. The minimum atomic E-state index is -0.371. The third-order valence-corrected chi connectivity index (χ3v) is 5.38.